The fraction of sp³-hybridized carbons (Fsp3) is 0.750. The third-order valence-corrected chi connectivity index (χ3v) is 0.319. The number of rotatable bonds is 2. The van der Waals surface area contributed by atoms with Crippen LogP contribution in [0, 0.1) is 0 Å². The van der Waals surface area contributed by atoms with Crippen molar-refractivity contribution >= 4 is 35.5 Å². The van der Waals surface area contributed by atoms with E-state index in [1.807, 2.05) is 0 Å². The van der Waals surface area contributed by atoms with Gasteiger partial charge in [-0.2, -0.15) is 0 Å². The van der Waals surface area contributed by atoms with Gasteiger partial charge in [0.2, 0.25) is 0 Å². The van der Waals surface area contributed by atoms with Crippen LogP contribution in [0.3, 0.4) is 0 Å². The summed E-state index contributed by atoms with van der Waals surface area (Å²) in [5.41, 5.74) is 0. The molecule has 0 bridgehead atoms. The molecule has 43 valence electrons. The maximum atomic E-state index is 9.93. The van der Waals surface area contributed by atoms with E-state index in [-0.39, 0.29) is 29.6 Å². The Morgan fingerprint density at radius 2 is 2.62 bits per heavy atom. The molecule has 2 N–H and O–H groups in total. The summed E-state index contributed by atoms with van der Waals surface area (Å²) >= 11 is 0. The van der Waals surface area contributed by atoms with Crippen molar-refractivity contribution in [3.8, 4) is 0 Å². The van der Waals surface area contributed by atoms with Crippen molar-refractivity contribution in [3.63, 3.8) is 0 Å². The van der Waals surface area contributed by atoms with Crippen molar-refractivity contribution in [2.75, 3.05) is 0 Å². The second kappa shape index (κ2) is 5.56. The summed E-state index contributed by atoms with van der Waals surface area (Å²) in [7, 11) is 0. The van der Waals surface area contributed by atoms with Gasteiger partial charge in [0.05, 0.1) is 13.9 Å². The van der Waals surface area contributed by atoms with Crippen LogP contribution in [-0.2, 0) is 4.79 Å². The fourth-order valence-corrected chi connectivity index (χ4v) is 0.143. The molecular formula is C4H8NaO3. The van der Waals surface area contributed by atoms with Crippen molar-refractivity contribution in [2.45, 2.75) is 19.4 Å². The fourth-order valence-electron chi connectivity index (χ4n) is 0.143. The number of carboxylic acid groups (broad SMARTS) is 1. The Labute approximate surface area is 75.6 Å². The van der Waals surface area contributed by atoms with Crippen LogP contribution in [0.25, 0.3) is 0 Å². The van der Waals surface area contributed by atoms with Crippen molar-refractivity contribution in [3.05, 3.63) is 0 Å². The number of aliphatic carboxylic acids is 1. The molecule has 0 spiro atoms. The predicted octanol–water partition coefficient (Wildman–Crippen LogP) is -0.539. The Kier molecular flexibility index (Phi) is 2.98. The topological polar surface area (TPSA) is 57.5 Å². The summed E-state index contributed by atoms with van der Waals surface area (Å²) in [6.07, 6.45) is -4.00. The third-order valence-electron chi connectivity index (χ3n) is 0.319. The molecule has 0 rings (SSSR count). The smallest absolute Gasteiger partial charge is 0.305 e. The van der Waals surface area contributed by atoms with Crippen molar-refractivity contribution in [2.24, 2.45) is 0 Å². The number of hydrogen-bond acceptors (Lipinski definition) is 2. The minimum absolute atomic E-state index is 0. The Bertz CT molecular complexity index is 166. The monoisotopic (exact) mass is 131 g/mol. The van der Waals surface area contributed by atoms with Crippen LogP contribution in [0.2, 0.25) is 0 Å². The first-order valence-electron chi connectivity index (χ1n) is 3.61. The molecule has 3 nitrogen and oxygen atoms in total. The average molecular weight is 131 g/mol. The van der Waals surface area contributed by atoms with E-state index in [0.717, 1.165) is 0 Å². The molecular weight excluding hydrogens is 119 g/mol. The van der Waals surface area contributed by atoms with E-state index in [0.29, 0.717) is 0 Å². The summed E-state index contributed by atoms with van der Waals surface area (Å²) < 4.78 is 26.4. The molecule has 0 aromatic heterocycles. The molecule has 1 atom stereocenters. The van der Waals surface area contributed by atoms with Gasteiger partial charge in [-0.15, -0.1) is 0 Å². The molecule has 0 heterocycles. The van der Waals surface area contributed by atoms with Crippen LogP contribution in [0.15, 0.2) is 0 Å². The first-order chi connectivity index (χ1) is 4.67. The molecule has 0 aromatic carbocycles. The minimum atomic E-state index is -2.98. The Hall–Kier alpha value is 0.430. The van der Waals surface area contributed by atoms with E-state index >= 15 is 0 Å². The van der Waals surface area contributed by atoms with Gasteiger partial charge in [-0.1, -0.05) is 0 Å². The quantitative estimate of drug-likeness (QED) is 0.495. The van der Waals surface area contributed by atoms with E-state index in [4.69, 9.17) is 15.7 Å². The molecule has 0 aliphatic carbocycles. The molecule has 0 saturated heterocycles. The first kappa shape index (κ1) is 4.28. The molecule has 0 aromatic rings. The van der Waals surface area contributed by atoms with Crippen LogP contribution in [0.4, 0.5) is 0 Å². The molecule has 0 fully saturated rings. The van der Waals surface area contributed by atoms with Gasteiger partial charge in [0.1, 0.15) is 0 Å². The average Bonchev–Trinajstić information content (AvgIpc) is 1.56. The second-order valence-electron chi connectivity index (χ2n) is 1.02. The summed E-state index contributed by atoms with van der Waals surface area (Å²) in [6.45, 7) is -2.98. The van der Waals surface area contributed by atoms with Crippen LogP contribution in [-0.4, -0.2) is 51.8 Å². The van der Waals surface area contributed by atoms with E-state index in [2.05, 4.69) is 0 Å². The van der Waals surface area contributed by atoms with Crippen LogP contribution < -0.4 is 0 Å². The number of carbonyl (C=O) groups is 1. The largest absolute Gasteiger partial charge is 0.481 e. The van der Waals surface area contributed by atoms with E-state index in [1.54, 1.807) is 0 Å². The van der Waals surface area contributed by atoms with Gasteiger partial charge in [-0.25, -0.2) is 0 Å². The van der Waals surface area contributed by atoms with Crippen molar-refractivity contribution in [1.82, 2.24) is 0 Å². The van der Waals surface area contributed by atoms with Gasteiger partial charge in [-0.3, -0.25) is 4.79 Å². The summed E-state index contributed by atoms with van der Waals surface area (Å²) in [4.78, 5) is 9.93. The maximum absolute atomic E-state index is 9.93. The summed E-state index contributed by atoms with van der Waals surface area (Å²) in [6, 6.07) is 0. The molecule has 8 heavy (non-hydrogen) atoms. The van der Waals surface area contributed by atoms with Crippen molar-refractivity contribution < 1.29 is 20.5 Å². The van der Waals surface area contributed by atoms with Crippen LogP contribution in [0.1, 0.15) is 18.8 Å². The van der Waals surface area contributed by atoms with Gasteiger partial charge < -0.3 is 10.2 Å². The molecule has 1 radical (unpaired) electrons. The minimum Gasteiger partial charge on any atom is -0.481 e. The molecule has 0 amide bonds. The molecule has 4 heteroatoms. The standard InChI is InChI=1S/C4H8O3.Na/c1-3(5)2-4(6)7;/h3,5H,2H2,1H3,(H,6,7);/i1D3,3D;. The van der Waals surface area contributed by atoms with E-state index < -0.39 is 25.3 Å². The van der Waals surface area contributed by atoms with Crippen molar-refractivity contribution in [1.29, 1.82) is 0 Å². The van der Waals surface area contributed by atoms with Crippen LogP contribution in [0.5, 0.6) is 0 Å². The zero-order chi connectivity index (χ0) is 9.28. The van der Waals surface area contributed by atoms with Gasteiger partial charge >= 0.3 is 5.97 Å². The SMILES string of the molecule is [2H]C([2H])([2H])C([2H])(O)CC(=O)O.[Na]. The molecule has 0 saturated carbocycles. The van der Waals surface area contributed by atoms with Gasteiger partial charge in [0.25, 0.3) is 0 Å². The Morgan fingerprint density at radius 1 is 2.12 bits per heavy atom. The maximum Gasteiger partial charge on any atom is 0.305 e. The number of hydrogen-bond donors (Lipinski definition) is 2. The normalized spacial score (nSPS) is 24.6. The molecule has 0 aliphatic heterocycles. The Morgan fingerprint density at radius 3 is 2.75 bits per heavy atom. The zero-order valence-corrected chi connectivity index (χ0v) is 6.51. The predicted molar refractivity (Wildman–Crippen MR) is 29.7 cm³/mol. The van der Waals surface area contributed by atoms with Gasteiger partial charge in [-0.05, 0) is 6.85 Å². The summed E-state index contributed by atoms with van der Waals surface area (Å²) in [5, 5.41) is 16.8. The summed E-state index contributed by atoms with van der Waals surface area (Å²) in [5.74, 6) is -1.52. The van der Waals surface area contributed by atoms with Crippen LogP contribution >= 0.6 is 0 Å². The molecule has 1 unspecified atom stereocenters. The van der Waals surface area contributed by atoms with E-state index in [9.17, 15) is 4.79 Å². The molecule has 0 aliphatic rings. The number of carboxylic acids is 1. The van der Waals surface area contributed by atoms with Gasteiger partial charge in [0.15, 0.2) is 0 Å². The second-order valence-corrected chi connectivity index (χ2v) is 1.02. The van der Waals surface area contributed by atoms with E-state index in [1.165, 1.54) is 0 Å². The van der Waals surface area contributed by atoms with Gasteiger partial charge in [0, 0.05) is 33.7 Å². The third kappa shape index (κ3) is 9.66. The first-order valence-corrected chi connectivity index (χ1v) is 1.61. The number of aliphatic hydroxyl groups is 1. The Balaban J connectivity index is 0. The zero-order valence-electron chi connectivity index (χ0n) is 8.51.